The van der Waals surface area contributed by atoms with Gasteiger partial charge in [-0.1, -0.05) is 110 Å². The van der Waals surface area contributed by atoms with Gasteiger partial charge in [-0.15, -0.1) is 0 Å². The first-order chi connectivity index (χ1) is 14.8. The number of hydrogen-bond donors (Lipinski definition) is 1. The van der Waals surface area contributed by atoms with E-state index in [-0.39, 0.29) is 0 Å². The van der Waals surface area contributed by atoms with Crippen LogP contribution in [0.25, 0.3) is 0 Å². The summed E-state index contributed by atoms with van der Waals surface area (Å²) in [5.41, 5.74) is 6.91. The molecule has 0 aliphatic rings. The van der Waals surface area contributed by atoms with Crippen molar-refractivity contribution in [1.82, 2.24) is 0 Å². The van der Waals surface area contributed by atoms with E-state index < -0.39 is 0 Å². The molecule has 174 valence electrons. The molecule has 1 rings (SSSR count). The molecule has 0 aliphatic heterocycles. The lowest BCUT2D eigenvalue weighted by Gasteiger charge is -2.14. The third-order valence-corrected chi connectivity index (χ3v) is 5.75. The molecule has 0 unspecified atom stereocenters. The van der Waals surface area contributed by atoms with Crippen LogP contribution in [-0.4, -0.2) is 13.2 Å². The monoisotopic (exact) mass is 419 g/mol. The van der Waals surface area contributed by atoms with E-state index >= 15 is 0 Å². The standard InChI is InChI=1S/C27H49NO2/c1-3-5-7-9-11-13-15-17-21-29-26-20-19-25(24-28)23-27(26)30-22-18-16-14-12-10-8-6-4-2/h19-20,23H,3-18,21-22,24,28H2,1-2H3. The van der Waals surface area contributed by atoms with Crippen LogP contribution in [0, 0.1) is 0 Å². The average Bonchev–Trinajstić information content (AvgIpc) is 2.77. The largest absolute Gasteiger partial charge is 0.490 e. The Kier molecular flexibility index (Phi) is 17.6. The van der Waals surface area contributed by atoms with Gasteiger partial charge in [-0.3, -0.25) is 0 Å². The number of rotatable bonds is 21. The highest BCUT2D eigenvalue weighted by Crippen LogP contribution is 2.29. The van der Waals surface area contributed by atoms with Crippen LogP contribution in [0.1, 0.15) is 122 Å². The number of unbranched alkanes of at least 4 members (excludes halogenated alkanes) is 14. The van der Waals surface area contributed by atoms with E-state index in [1.54, 1.807) is 0 Å². The maximum Gasteiger partial charge on any atom is 0.161 e. The Morgan fingerprint density at radius 2 is 1.00 bits per heavy atom. The van der Waals surface area contributed by atoms with Crippen LogP contribution in [0.3, 0.4) is 0 Å². The summed E-state index contributed by atoms with van der Waals surface area (Å²) in [7, 11) is 0. The Balaban J connectivity index is 2.22. The van der Waals surface area contributed by atoms with Gasteiger partial charge in [0, 0.05) is 6.54 Å². The van der Waals surface area contributed by atoms with Crippen LogP contribution in [0.2, 0.25) is 0 Å². The summed E-state index contributed by atoms with van der Waals surface area (Å²) in [6.07, 6.45) is 21.0. The van der Waals surface area contributed by atoms with E-state index in [4.69, 9.17) is 15.2 Å². The lowest BCUT2D eigenvalue weighted by Crippen LogP contribution is -2.04. The van der Waals surface area contributed by atoms with Gasteiger partial charge in [0.15, 0.2) is 11.5 Å². The van der Waals surface area contributed by atoms with Gasteiger partial charge in [-0.2, -0.15) is 0 Å². The molecule has 3 nitrogen and oxygen atoms in total. The quantitative estimate of drug-likeness (QED) is 0.204. The fraction of sp³-hybridized carbons (Fsp3) is 0.778. The molecule has 0 spiro atoms. The highest BCUT2D eigenvalue weighted by Gasteiger charge is 2.07. The summed E-state index contributed by atoms with van der Waals surface area (Å²) in [5, 5.41) is 0. The van der Waals surface area contributed by atoms with Gasteiger partial charge >= 0.3 is 0 Å². The zero-order chi connectivity index (χ0) is 21.7. The van der Waals surface area contributed by atoms with Crippen molar-refractivity contribution in [2.75, 3.05) is 13.2 Å². The molecule has 0 saturated carbocycles. The van der Waals surface area contributed by atoms with Crippen LogP contribution in [0.15, 0.2) is 18.2 Å². The lowest BCUT2D eigenvalue weighted by atomic mass is 10.1. The van der Waals surface area contributed by atoms with Gasteiger partial charge in [0.05, 0.1) is 13.2 Å². The molecule has 0 bridgehead atoms. The number of ether oxygens (including phenoxy) is 2. The van der Waals surface area contributed by atoms with Gasteiger partial charge in [0.2, 0.25) is 0 Å². The molecule has 0 fully saturated rings. The van der Waals surface area contributed by atoms with Crippen molar-refractivity contribution in [3.63, 3.8) is 0 Å². The Hall–Kier alpha value is -1.22. The molecule has 0 aromatic heterocycles. The Labute approximate surface area is 187 Å². The van der Waals surface area contributed by atoms with Crippen LogP contribution < -0.4 is 15.2 Å². The minimum atomic E-state index is 0.534. The zero-order valence-electron chi connectivity index (χ0n) is 20.1. The Morgan fingerprint density at radius 1 is 0.567 bits per heavy atom. The second-order valence-electron chi connectivity index (χ2n) is 8.63. The summed E-state index contributed by atoms with van der Waals surface area (Å²) in [4.78, 5) is 0. The first-order valence-electron chi connectivity index (χ1n) is 12.9. The molecule has 3 heteroatoms. The zero-order valence-corrected chi connectivity index (χ0v) is 20.1. The molecule has 1 aromatic rings. The highest BCUT2D eigenvalue weighted by atomic mass is 16.5. The van der Waals surface area contributed by atoms with Crippen molar-refractivity contribution < 1.29 is 9.47 Å². The third kappa shape index (κ3) is 13.9. The summed E-state index contributed by atoms with van der Waals surface area (Å²) >= 11 is 0. The van der Waals surface area contributed by atoms with Crippen molar-refractivity contribution in [3.05, 3.63) is 23.8 Å². The number of benzene rings is 1. The lowest BCUT2D eigenvalue weighted by molar-refractivity contribution is 0.258. The molecular formula is C27H49NO2. The minimum absolute atomic E-state index is 0.534. The van der Waals surface area contributed by atoms with E-state index in [9.17, 15) is 0 Å². The second kappa shape index (κ2) is 19.7. The van der Waals surface area contributed by atoms with Crippen LogP contribution >= 0.6 is 0 Å². The molecule has 0 saturated heterocycles. The van der Waals surface area contributed by atoms with Gasteiger partial charge < -0.3 is 15.2 Å². The molecule has 0 heterocycles. The van der Waals surface area contributed by atoms with Crippen LogP contribution in [-0.2, 0) is 6.54 Å². The maximum absolute atomic E-state index is 6.08. The van der Waals surface area contributed by atoms with Crippen molar-refractivity contribution >= 4 is 0 Å². The van der Waals surface area contributed by atoms with Gasteiger partial charge in [0.1, 0.15) is 0 Å². The van der Waals surface area contributed by atoms with E-state index in [2.05, 4.69) is 13.8 Å². The Bertz CT molecular complexity index is 504. The summed E-state index contributed by atoms with van der Waals surface area (Å²) in [5.74, 6) is 1.73. The first-order valence-corrected chi connectivity index (χ1v) is 12.9. The number of nitrogens with two attached hydrogens (primary N) is 1. The van der Waals surface area contributed by atoms with Gasteiger partial charge in [-0.05, 0) is 30.5 Å². The van der Waals surface area contributed by atoms with E-state index in [1.807, 2.05) is 18.2 Å². The normalized spacial score (nSPS) is 11.0. The topological polar surface area (TPSA) is 44.5 Å². The van der Waals surface area contributed by atoms with Crippen molar-refractivity contribution in [2.45, 2.75) is 123 Å². The van der Waals surface area contributed by atoms with Crippen LogP contribution in [0.4, 0.5) is 0 Å². The summed E-state index contributed by atoms with van der Waals surface area (Å²) in [6, 6.07) is 6.12. The predicted octanol–water partition coefficient (Wildman–Crippen LogP) is 8.18. The van der Waals surface area contributed by atoms with Crippen molar-refractivity contribution in [3.8, 4) is 11.5 Å². The molecule has 2 N–H and O–H groups in total. The molecule has 0 aliphatic carbocycles. The molecule has 0 amide bonds. The average molecular weight is 420 g/mol. The molecule has 0 atom stereocenters. The van der Waals surface area contributed by atoms with Gasteiger partial charge in [-0.25, -0.2) is 0 Å². The summed E-state index contributed by atoms with van der Waals surface area (Å²) < 4.78 is 12.1. The smallest absolute Gasteiger partial charge is 0.161 e. The minimum Gasteiger partial charge on any atom is -0.490 e. The fourth-order valence-corrected chi connectivity index (χ4v) is 3.75. The van der Waals surface area contributed by atoms with E-state index in [0.717, 1.165) is 43.1 Å². The fourth-order valence-electron chi connectivity index (χ4n) is 3.75. The molecule has 30 heavy (non-hydrogen) atoms. The maximum atomic E-state index is 6.08. The predicted molar refractivity (Wildman–Crippen MR) is 131 cm³/mol. The SMILES string of the molecule is CCCCCCCCCCOc1ccc(CN)cc1OCCCCCCCCCC. The first kappa shape index (κ1) is 26.8. The molecule has 1 aromatic carbocycles. The number of hydrogen-bond acceptors (Lipinski definition) is 3. The third-order valence-electron chi connectivity index (χ3n) is 5.75. The second-order valence-corrected chi connectivity index (χ2v) is 8.63. The van der Waals surface area contributed by atoms with E-state index in [0.29, 0.717) is 6.54 Å². The molecule has 0 radical (unpaired) electrons. The summed E-state index contributed by atoms with van der Waals surface area (Å²) in [6.45, 7) is 6.60. The molecular weight excluding hydrogens is 370 g/mol. The van der Waals surface area contributed by atoms with Crippen molar-refractivity contribution in [2.24, 2.45) is 5.73 Å². The highest BCUT2D eigenvalue weighted by molar-refractivity contribution is 5.43. The Morgan fingerprint density at radius 3 is 1.47 bits per heavy atom. The van der Waals surface area contributed by atoms with Gasteiger partial charge in [0.25, 0.3) is 0 Å². The van der Waals surface area contributed by atoms with E-state index in [1.165, 1.54) is 89.9 Å². The van der Waals surface area contributed by atoms with Crippen molar-refractivity contribution in [1.29, 1.82) is 0 Å². The van der Waals surface area contributed by atoms with Crippen LogP contribution in [0.5, 0.6) is 11.5 Å².